The van der Waals surface area contributed by atoms with Crippen LogP contribution in [0.15, 0.2) is 16.8 Å². The van der Waals surface area contributed by atoms with E-state index in [4.69, 9.17) is 14.7 Å². The quantitative estimate of drug-likeness (QED) is 0.302. The maximum Gasteiger partial charge on any atom is 1.00 e. The summed E-state index contributed by atoms with van der Waals surface area (Å²) in [6.45, 7) is 4.54. The van der Waals surface area contributed by atoms with Gasteiger partial charge in [-0.25, -0.2) is 0 Å². The molecule has 0 aromatic heterocycles. The standard InChI is InChI=1S/C12H16N2O6.Na/c1-5(15)13-8-7(14-18)4-6(11(16)17)9-10(8)20-12(2,3)19-9;/h4,8-10,18H,1-3H3,(H,13,15)(H,16,17);/q;+1/p-1/b14-7+;/t8-,9-,10+;/m1./s1. The van der Waals surface area contributed by atoms with Crippen LogP contribution in [0.3, 0.4) is 0 Å². The Hall–Kier alpha value is -0.930. The first kappa shape index (κ1) is 18.1. The van der Waals surface area contributed by atoms with E-state index in [1.54, 1.807) is 13.8 Å². The molecule has 1 amide bonds. The number of nitrogens with one attached hydrogen (secondary N) is 1. The number of hydrogen-bond acceptors (Lipinski definition) is 7. The van der Waals surface area contributed by atoms with Crippen LogP contribution in [0.5, 0.6) is 0 Å². The summed E-state index contributed by atoms with van der Waals surface area (Å²) in [6, 6.07) is -0.799. The zero-order valence-corrected chi connectivity index (χ0v) is 14.2. The molecule has 2 N–H and O–H groups in total. The van der Waals surface area contributed by atoms with Gasteiger partial charge in [-0.3, -0.25) is 4.79 Å². The molecular formula is C12H15N2NaO6. The zero-order valence-electron chi connectivity index (χ0n) is 12.2. The van der Waals surface area contributed by atoms with Crippen LogP contribution in [0.25, 0.3) is 0 Å². The van der Waals surface area contributed by atoms with Crippen molar-refractivity contribution in [1.82, 2.24) is 5.32 Å². The Balaban J connectivity index is 0.00000220. The van der Waals surface area contributed by atoms with Gasteiger partial charge in [0.1, 0.15) is 24.0 Å². The molecule has 1 saturated heterocycles. The molecule has 1 aliphatic heterocycles. The molecule has 0 aromatic carbocycles. The molecule has 8 nitrogen and oxygen atoms in total. The number of carbonyl (C=O) groups excluding carboxylic acids is 2. The summed E-state index contributed by atoms with van der Waals surface area (Å²) in [6.07, 6.45) is -0.586. The Labute approximate surface area is 143 Å². The topological polar surface area (TPSA) is 120 Å². The van der Waals surface area contributed by atoms with E-state index in [9.17, 15) is 14.7 Å². The number of hydrogen-bond donors (Lipinski definition) is 2. The van der Waals surface area contributed by atoms with Gasteiger partial charge in [-0.05, 0) is 19.9 Å². The molecule has 2 rings (SSSR count). The number of nitrogens with zero attached hydrogens (tertiary/aromatic N) is 1. The van der Waals surface area contributed by atoms with E-state index >= 15 is 0 Å². The Morgan fingerprint density at radius 1 is 1.43 bits per heavy atom. The SMILES string of the molecule is CC(=O)N[C@@H]1/C(=N/O)C=C(C(=O)[O-])[C@H]2OC(C)(C)O[C@H]21.[Na+]. The Kier molecular flexibility index (Phi) is 5.57. The number of amides is 1. The first-order valence-corrected chi connectivity index (χ1v) is 6.03. The molecule has 0 spiro atoms. The summed E-state index contributed by atoms with van der Waals surface area (Å²) < 4.78 is 11.1. The largest absolute Gasteiger partial charge is 1.00 e. The minimum Gasteiger partial charge on any atom is -0.545 e. The molecule has 0 radical (unpaired) electrons. The number of carboxylic acids is 1. The normalized spacial score (nSPS) is 31.9. The van der Waals surface area contributed by atoms with Gasteiger partial charge in [-0.15, -0.1) is 0 Å². The van der Waals surface area contributed by atoms with E-state index < -0.39 is 30.0 Å². The molecule has 21 heavy (non-hydrogen) atoms. The second kappa shape index (κ2) is 6.45. The molecule has 110 valence electrons. The smallest absolute Gasteiger partial charge is 0.545 e. The van der Waals surface area contributed by atoms with Crippen molar-refractivity contribution in [3.8, 4) is 0 Å². The van der Waals surface area contributed by atoms with E-state index in [1.165, 1.54) is 6.92 Å². The van der Waals surface area contributed by atoms with Crippen molar-refractivity contribution < 1.29 is 58.9 Å². The minimum atomic E-state index is -1.44. The number of oxime groups is 1. The van der Waals surface area contributed by atoms with Gasteiger partial charge in [0.05, 0.1) is 5.97 Å². The molecule has 0 saturated carbocycles. The Morgan fingerprint density at radius 2 is 2.05 bits per heavy atom. The van der Waals surface area contributed by atoms with Gasteiger partial charge in [-0.2, -0.15) is 0 Å². The van der Waals surface area contributed by atoms with Gasteiger partial charge in [0, 0.05) is 12.5 Å². The number of carboxylic acid groups (broad SMARTS) is 1. The second-order valence-electron chi connectivity index (χ2n) is 5.11. The molecule has 0 bridgehead atoms. The maximum absolute atomic E-state index is 11.2. The van der Waals surface area contributed by atoms with Gasteiger partial charge in [0.15, 0.2) is 5.79 Å². The summed E-state index contributed by atoms with van der Waals surface area (Å²) in [7, 11) is 0. The number of ether oxygens (including phenoxy) is 2. The molecule has 2 aliphatic rings. The van der Waals surface area contributed by atoms with Gasteiger partial charge < -0.3 is 29.9 Å². The van der Waals surface area contributed by atoms with Crippen LogP contribution in [-0.4, -0.2) is 46.8 Å². The third kappa shape index (κ3) is 3.64. The summed E-state index contributed by atoms with van der Waals surface area (Å²) in [5.41, 5.74) is -0.211. The van der Waals surface area contributed by atoms with Crippen molar-refractivity contribution in [2.75, 3.05) is 0 Å². The summed E-state index contributed by atoms with van der Waals surface area (Å²) in [5, 5.41) is 25.7. The average molecular weight is 306 g/mol. The number of carbonyl (C=O) groups is 2. The molecule has 1 fully saturated rings. The van der Waals surface area contributed by atoms with Gasteiger partial charge in [-0.1, -0.05) is 5.16 Å². The van der Waals surface area contributed by atoms with Crippen molar-refractivity contribution in [3.05, 3.63) is 11.6 Å². The van der Waals surface area contributed by atoms with Crippen LogP contribution in [0, 0.1) is 0 Å². The molecular weight excluding hydrogens is 291 g/mol. The predicted molar refractivity (Wildman–Crippen MR) is 63.7 cm³/mol. The number of aliphatic carboxylic acids is 1. The number of rotatable bonds is 2. The number of fused-ring (bicyclic) bond motifs is 1. The monoisotopic (exact) mass is 306 g/mol. The fourth-order valence-corrected chi connectivity index (χ4v) is 2.41. The summed E-state index contributed by atoms with van der Waals surface area (Å²) in [4.78, 5) is 22.4. The molecule has 1 aliphatic carbocycles. The Morgan fingerprint density at radius 3 is 2.52 bits per heavy atom. The molecule has 0 aromatic rings. The van der Waals surface area contributed by atoms with E-state index in [2.05, 4.69) is 10.5 Å². The van der Waals surface area contributed by atoms with Crippen LogP contribution >= 0.6 is 0 Å². The molecule has 3 atom stereocenters. The fourth-order valence-electron chi connectivity index (χ4n) is 2.41. The van der Waals surface area contributed by atoms with Crippen molar-refractivity contribution >= 4 is 17.6 Å². The molecule has 1 heterocycles. The van der Waals surface area contributed by atoms with Crippen LogP contribution in [-0.2, 0) is 19.1 Å². The Bertz CT molecular complexity index is 516. The fraction of sp³-hybridized carbons (Fsp3) is 0.583. The van der Waals surface area contributed by atoms with Crippen molar-refractivity contribution in [3.63, 3.8) is 0 Å². The third-order valence-corrected chi connectivity index (χ3v) is 3.10. The molecule has 0 unspecified atom stereocenters. The van der Waals surface area contributed by atoms with Gasteiger partial charge in [0.25, 0.3) is 0 Å². The van der Waals surface area contributed by atoms with Crippen molar-refractivity contribution in [1.29, 1.82) is 0 Å². The predicted octanol–water partition coefficient (Wildman–Crippen LogP) is -4.46. The van der Waals surface area contributed by atoms with E-state index in [-0.39, 0.29) is 46.7 Å². The minimum absolute atomic E-state index is 0. The van der Waals surface area contributed by atoms with Gasteiger partial charge in [0.2, 0.25) is 5.91 Å². The van der Waals surface area contributed by atoms with E-state index in [1.807, 2.05) is 0 Å². The van der Waals surface area contributed by atoms with E-state index in [0.29, 0.717) is 0 Å². The van der Waals surface area contributed by atoms with Gasteiger partial charge >= 0.3 is 29.6 Å². The summed E-state index contributed by atoms with van der Waals surface area (Å²) in [5.74, 6) is -2.83. The van der Waals surface area contributed by atoms with E-state index in [0.717, 1.165) is 6.08 Å². The maximum atomic E-state index is 11.2. The first-order chi connectivity index (χ1) is 9.25. The van der Waals surface area contributed by atoms with Crippen LogP contribution in [0.2, 0.25) is 0 Å². The first-order valence-electron chi connectivity index (χ1n) is 6.03. The van der Waals surface area contributed by atoms with Crippen LogP contribution in [0.4, 0.5) is 0 Å². The van der Waals surface area contributed by atoms with Crippen molar-refractivity contribution in [2.24, 2.45) is 5.16 Å². The van der Waals surface area contributed by atoms with Crippen molar-refractivity contribution in [2.45, 2.75) is 44.8 Å². The summed E-state index contributed by atoms with van der Waals surface area (Å²) >= 11 is 0. The van der Waals surface area contributed by atoms with Crippen LogP contribution < -0.4 is 40.0 Å². The second-order valence-corrected chi connectivity index (χ2v) is 5.11. The molecule has 9 heteroatoms. The zero-order chi connectivity index (χ0) is 15.1. The van der Waals surface area contributed by atoms with Crippen LogP contribution in [0.1, 0.15) is 20.8 Å². The average Bonchev–Trinajstić information content (AvgIpc) is 2.63. The third-order valence-electron chi connectivity index (χ3n) is 3.10.